The van der Waals surface area contributed by atoms with E-state index >= 15 is 0 Å². The zero-order valence-corrected chi connectivity index (χ0v) is 8.37. The Balaban J connectivity index is 2.73. The standard InChI is InChI=1S/C10H15N3O/c1-10(2,9(14)13-11)12-8-6-4-3-5-7-8/h3-7,12H,11H2,1-2H3,(H,13,14). The Morgan fingerprint density at radius 3 is 2.36 bits per heavy atom. The van der Waals surface area contributed by atoms with Crippen molar-refractivity contribution in [2.45, 2.75) is 19.4 Å². The smallest absolute Gasteiger partial charge is 0.258 e. The average Bonchev–Trinajstić information content (AvgIpc) is 2.17. The van der Waals surface area contributed by atoms with E-state index in [1.165, 1.54) is 0 Å². The summed E-state index contributed by atoms with van der Waals surface area (Å²) in [5, 5.41) is 3.08. The molecule has 0 heterocycles. The van der Waals surface area contributed by atoms with Gasteiger partial charge in [-0.3, -0.25) is 10.2 Å². The van der Waals surface area contributed by atoms with Gasteiger partial charge in [0, 0.05) is 5.69 Å². The van der Waals surface area contributed by atoms with Gasteiger partial charge in [0.15, 0.2) is 0 Å². The maximum absolute atomic E-state index is 11.3. The van der Waals surface area contributed by atoms with Crippen molar-refractivity contribution in [2.24, 2.45) is 5.84 Å². The van der Waals surface area contributed by atoms with E-state index in [0.717, 1.165) is 5.69 Å². The first-order valence-electron chi connectivity index (χ1n) is 4.40. The van der Waals surface area contributed by atoms with Crippen LogP contribution in [0.3, 0.4) is 0 Å². The normalized spacial score (nSPS) is 10.8. The zero-order valence-electron chi connectivity index (χ0n) is 8.37. The molecule has 0 saturated carbocycles. The van der Waals surface area contributed by atoms with Gasteiger partial charge in [0.25, 0.3) is 5.91 Å². The number of carbonyl (C=O) groups excluding carboxylic acids is 1. The van der Waals surface area contributed by atoms with Crippen LogP contribution in [-0.4, -0.2) is 11.4 Å². The van der Waals surface area contributed by atoms with Crippen LogP contribution in [0.2, 0.25) is 0 Å². The largest absolute Gasteiger partial charge is 0.372 e. The van der Waals surface area contributed by atoms with Crippen molar-refractivity contribution in [1.29, 1.82) is 0 Å². The summed E-state index contributed by atoms with van der Waals surface area (Å²) in [6.45, 7) is 3.53. The molecule has 0 radical (unpaired) electrons. The Labute approximate surface area is 83.5 Å². The summed E-state index contributed by atoms with van der Waals surface area (Å²) >= 11 is 0. The summed E-state index contributed by atoms with van der Waals surface area (Å²) in [5.74, 6) is 4.82. The first-order chi connectivity index (χ1) is 6.56. The third-order valence-electron chi connectivity index (χ3n) is 1.93. The number of rotatable bonds is 3. The third-order valence-corrected chi connectivity index (χ3v) is 1.93. The summed E-state index contributed by atoms with van der Waals surface area (Å²) in [6.07, 6.45) is 0. The lowest BCUT2D eigenvalue weighted by atomic mass is 10.0. The molecule has 0 unspecified atom stereocenters. The number of hydrogen-bond donors (Lipinski definition) is 3. The Morgan fingerprint density at radius 2 is 1.86 bits per heavy atom. The van der Waals surface area contributed by atoms with E-state index in [0.29, 0.717) is 0 Å². The van der Waals surface area contributed by atoms with E-state index in [1.54, 1.807) is 13.8 Å². The van der Waals surface area contributed by atoms with Crippen molar-refractivity contribution in [3.8, 4) is 0 Å². The molecule has 0 saturated heterocycles. The molecule has 0 bridgehead atoms. The van der Waals surface area contributed by atoms with Crippen LogP contribution in [0, 0.1) is 0 Å². The highest BCUT2D eigenvalue weighted by molar-refractivity contribution is 5.87. The van der Waals surface area contributed by atoms with Crippen molar-refractivity contribution in [2.75, 3.05) is 5.32 Å². The quantitative estimate of drug-likeness (QED) is 0.379. The molecule has 14 heavy (non-hydrogen) atoms. The summed E-state index contributed by atoms with van der Waals surface area (Å²) in [5.41, 5.74) is 2.30. The van der Waals surface area contributed by atoms with Gasteiger partial charge in [0.2, 0.25) is 0 Å². The van der Waals surface area contributed by atoms with E-state index < -0.39 is 5.54 Å². The lowest BCUT2D eigenvalue weighted by Crippen LogP contribution is -2.50. The number of hydrogen-bond acceptors (Lipinski definition) is 3. The lowest BCUT2D eigenvalue weighted by Gasteiger charge is -2.25. The fourth-order valence-electron chi connectivity index (χ4n) is 1.12. The number of hydrazine groups is 1. The van der Waals surface area contributed by atoms with Gasteiger partial charge in [-0.25, -0.2) is 5.84 Å². The van der Waals surface area contributed by atoms with Gasteiger partial charge in [-0.15, -0.1) is 0 Å². The molecule has 0 atom stereocenters. The SMILES string of the molecule is CC(C)(Nc1ccccc1)C(=O)NN. The van der Waals surface area contributed by atoms with Crippen molar-refractivity contribution in [1.82, 2.24) is 5.43 Å². The van der Waals surface area contributed by atoms with Gasteiger partial charge < -0.3 is 5.32 Å². The second-order valence-corrected chi connectivity index (χ2v) is 3.59. The molecule has 0 aliphatic heterocycles. The second-order valence-electron chi connectivity index (χ2n) is 3.59. The minimum atomic E-state index is -0.712. The number of benzene rings is 1. The van der Waals surface area contributed by atoms with E-state index in [4.69, 9.17) is 5.84 Å². The van der Waals surface area contributed by atoms with Gasteiger partial charge in [-0.05, 0) is 26.0 Å². The molecule has 4 nitrogen and oxygen atoms in total. The number of amides is 1. The van der Waals surface area contributed by atoms with Gasteiger partial charge in [0.05, 0.1) is 0 Å². The molecule has 1 rings (SSSR count). The number of nitrogens with one attached hydrogen (secondary N) is 2. The molecule has 1 aromatic carbocycles. The minimum absolute atomic E-state index is 0.249. The van der Waals surface area contributed by atoms with Gasteiger partial charge >= 0.3 is 0 Å². The van der Waals surface area contributed by atoms with Crippen LogP contribution in [0.1, 0.15) is 13.8 Å². The predicted octanol–water partition coefficient (Wildman–Crippen LogP) is 0.867. The van der Waals surface area contributed by atoms with E-state index in [-0.39, 0.29) is 5.91 Å². The molecule has 0 spiro atoms. The Hall–Kier alpha value is -1.55. The van der Waals surface area contributed by atoms with Crippen molar-refractivity contribution in [3.05, 3.63) is 30.3 Å². The third kappa shape index (κ3) is 2.47. The topological polar surface area (TPSA) is 67.2 Å². The highest BCUT2D eigenvalue weighted by atomic mass is 16.2. The number of nitrogens with two attached hydrogens (primary N) is 1. The first kappa shape index (κ1) is 10.5. The summed E-state index contributed by atoms with van der Waals surface area (Å²) < 4.78 is 0. The van der Waals surface area contributed by atoms with Crippen molar-refractivity contribution in [3.63, 3.8) is 0 Å². The first-order valence-corrected chi connectivity index (χ1v) is 4.40. The molecule has 4 N–H and O–H groups in total. The molecule has 0 aliphatic rings. The molecule has 76 valence electrons. The Bertz CT molecular complexity index is 308. The molecular weight excluding hydrogens is 178 g/mol. The minimum Gasteiger partial charge on any atom is -0.372 e. The fourth-order valence-corrected chi connectivity index (χ4v) is 1.12. The maximum atomic E-state index is 11.3. The van der Waals surface area contributed by atoms with E-state index in [1.807, 2.05) is 30.3 Å². The highest BCUT2D eigenvalue weighted by Gasteiger charge is 2.26. The summed E-state index contributed by atoms with van der Waals surface area (Å²) in [7, 11) is 0. The molecule has 0 aromatic heterocycles. The number of anilines is 1. The maximum Gasteiger partial charge on any atom is 0.258 e. The lowest BCUT2D eigenvalue weighted by molar-refractivity contribution is -0.124. The van der Waals surface area contributed by atoms with Gasteiger partial charge in [-0.2, -0.15) is 0 Å². The predicted molar refractivity (Wildman–Crippen MR) is 56.5 cm³/mol. The van der Waals surface area contributed by atoms with Crippen LogP contribution in [-0.2, 0) is 4.79 Å². The van der Waals surface area contributed by atoms with Crippen molar-refractivity contribution >= 4 is 11.6 Å². The highest BCUT2D eigenvalue weighted by Crippen LogP contribution is 2.13. The number of carbonyl (C=O) groups is 1. The van der Waals surface area contributed by atoms with Crippen LogP contribution in [0.15, 0.2) is 30.3 Å². The molecule has 0 fully saturated rings. The summed E-state index contributed by atoms with van der Waals surface area (Å²) in [6, 6.07) is 9.51. The monoisotopic (exact) mass is 193 g/mol. The van der Waals surface area contributed by atoms with E-state index in [2.05, 4.69) is 10.7 Å². The van der Waals surface area contributed by atoms with Crippen LogP contribution < -0.4 is 16.6 Å². The van der Waals surface area contributed by atoms with Gasteiger partial charge in [-0.1, -0.05) is 18.2 Å². The van der Waals surface area contributed by atoms with Crippen LogP contribution in [0.5, 0.6) is 0 Å². The second kappa shape index (κ2) is 4.11. The van der Waals surface area contributed by atoms with Crippen LogP contribution >= 0.6 is 0 Å². The van der Waals surface area contributed by atoms with Gasteiger partial charge in [0.1, 0.15) is 5.54 Å². The van der Waals surface area contributed by atoms with Crippen molar-refractivity contribution < 1.29 is 4.79 Å². The van der Waals surface area contributed by atoms with Crippen LogP contribution in [0.4, 0.5) is 5.69 Å². The summed E-state index contributed by atoms with van der Waals surface area (Å²) in [4.78, 5) is 11.3. The Kier molecular flexibility index (Phi) is 3.09. The molecule has 0 aliphatic carbocycles. The van der Waals surface area contributed by atoms with Crippen LogP contribution in [0.25, 0.3) is 0 Å². The fraction of sp³-hybridized carbons (Fsp3) is 0.300. The number of para-hydroxylation sites is 1. The zero-order chi connectivity index (χ0) is 10.6. The molecule has 4 heteroatoms. The average molecular weight is 193 g/mol. The Morgan fingerprint density at radius 1 is 1.29 bits per heavy atom. The molecular formula is C10H15N3O. The molecule has 1 amide bonds. The molecule has 1 aromatic rings. The van der Waals surface area contributed by atoms with E-state index in [9.17, 15) is 4.79 Å².